The molecule has 0 aromatic heterocycles. The van der Waals surface area contributed by atoms with Crippen LogP contribution < -0.4 is 11.5 Å². The fourth-order valence-corrected chi connectivity index (χ4v) is 1.20. The van der Waals surface area contributed by atoms with Crippen LogP contribution in [0.25, 0.3) is 0 Å². The van der Waals surface area contributed by atoms with Crippen molar-refractivity contribution in [2.75, 3.05) is 20.1 Å². The molecule has 4 N–H and O–H groups in total. The van der Waals surface area contributed by atoms with Gasteiger partial charge in [-0.05, 0) is 6.42 Å². The molecule has 12 heavy (non-hydrogen) atoms. The molecule has 1 unspecified atom stereocenters. The number of nitrogens with zero attached hydrogens (tertiary/aromatic N) is 2. The van der Waals surface area contributed by atoms with Gasteiger partial charge in [-0.3, -0.25) is 9.79 Å². The lowest BCUT2D eigenvalue weighted by Gasteiger charge is -2.27. The SMILES string of the molecule is CN1CCCN=C1C(N)C(N)=O. The summed E-state index contributed by atoms with van der Waals surface area (Å²) in [4.78, 5) is 16.8. The molecule has 1 rings (SSSR count). The lowest BCUT2D eigenvalue weighted by Crippen LogP contribution is -2.51. The summed E-state index contributed by atoms with van der Waals surface area (Å²) >= 11 is 0. The molecule has 5 nitrogen and oxygen atoms in total. The van der Waals surface area contributed by atoms with Gasteiger partial charge in [0.15, 0.2) is 0 Å². The lowest BCUT2D eigenvalue weighted by molar-refractivity contribution is -0.118. The average Bonchev–Trinajstić information content (AvgIpc) is 2.04. The maximum absolute atomic E-state index is 10.7. The summed E-state index contributed by atoms with van der Waals surface area (Å²) < 4.78 is 0. The highest BCUT2D eigenvalue weighted by molar-refractivity contribution is 6.06. The van der Waals surface area contributed by atoms with Crippen molar-refractivity contribution in [2.24, 2.45) is 16.5 Å². The van der Waals surface area contributed by atoms with Gasteiger partial charge in [0.1, 0.15) is 11.9 Å². The first kappa shape index (κ1) is 8.99. The molecular weight excluding hydrogens is 156 g/mol. The first-order valence-electron chi connectivity index (χ1n) is 3.93. The Morgan fingerprint density at radius 2 is 2.42 bits per heavy atom. The summed E-state index contributed by atoms with van der Waals surface area (Å²) in [5.74, 6) is 0.0799. The van der Waals surface area contributed by atoms with Crippen LogP contribution in [0.4, 0.5) is 0 Å². The smallest absolute Gasteiger partial charge is 0.242 e. The van der Waals surface area contributed by atoms with E-state index in [1.54, 1.807) is 0 Å². The Labute approximate surface area is 71.4 Å². The van der Waals surface area contributed by atoms with Gasteiger partial charge in [-0.25, -0.2) is 0 Å². The van der Waals surface area contributed by atoms with Gasteiger partial charge in [0.2, 0.25) is 5.91 Å². The van der Waals surface area contributed by atoms with Gasteiger partial charge in [-0.15, -0.1) is 0 Å². The number of rotatable bonds is 2. The van der Waals surface area contributed by atoms with Crippen molar-refractivity contribution in [2.45, 2.75) is 12.5 Å². The standard InChI is InChI=1S/C7H14N4O/c1-11-4-2-3-10-7(11)5(8)6(9)12/h5H,2-4,8H2,1H3,(H2,9,12). The third-order valence-electron chi connectivity index (χ3n) is 1.90. The zero-order valence-corrected chi connectivity index (χ0v) is 7.16. The third-order valence-corrected chi connectivity index (χ3v) is 1.90. The molecule has 0 fully saturated rings. The maximum atomic E-state index is 10.7. The van der Waals surface area contributed by atoms with Crippen molar-refractivity contribution >= 4 is 11.7 Å². The summed E-state index contributed by atoms with van der Waals surface area (Å²) in [7, 11) is 1.86. The largest absolute Gasteiger partial charge is 0.368 e. The fourth-order valence-electron chi connectivity index (χ4n) is 1.20. The Bertz CT molecular complexity index is 213. The molecule has 1 aliphatic rings. The Morgan fingerprint density at radius 3 is 2.92 bits per heavy atom. The Kier molecular flexibility index (Phi) is 2.65. The molecule has 0 aromatic rings. The number of amidine groups is 1. The number of nitrogens with two attached hydrogens (primary N) is 2. The highest BCUT2D eigenvalue weighted by Gasteiger charge is 2.22. The molecule has 1 atom stereocenters. The predicted octanol–water partition coefficient (Wildman–Crippen LogP) is -1.47. The van der Waals surface area contributed by atoms with Crippen LogP contribution in [0, 0.1) is 0 Å². The summed E-state index contributed by atoms with van der Waals surface area (Å²) in [6.45, 7) is 1.63. The van der Waals surface area contributed by atoms with Gasteiger partial charge < -0.3 is 16.4 Å². The maximum Gasteiger partial charge on any atom is 0.242 e. The number of amides is 1. The summed E-state index contributed by atoms with van der Waals surface area (Å²) in [6.07, 6.45) is 1.01. The molecule has 68 valence electrons. The molecule has 0 saturated heterocycles. The van der Waals surface area contributed by atoms with Crippen LogP contribution in [0.3, 0.4) is 0 Å². The van der Waals surface area contributed by atoms with E-state index in [0.717, 1.165) is 19.5 Å². The number of primary amides is 1. The second kappa shape index (κ2) is 3.53. The van der Waals surface area contributed by atoms with Crippen LogP contribution in [0.5, 0.6) is 0 Å². The monoisotopic (exact) mass is 170 g/mol. The Balaban J connectivity index is 2.71. The number of hydrogen-bond acceptors (Lipinski definition) is 4. The van der Waals surface area contributed by atoms with E-state index < -0.39 is 11.9 Å². The number of aliphatic imine (C=N–C) groups is 1. The van der Waals surface area contributed by atoms with Gasteiger partial charge in [0.25, 0.3) is 0 Å². The van der Waals surface area contributed by atoms with E-state index in [0.29, 0.717) is 5.84 Å². The number of likely N-dealkylation sites (N-methyl/N-ethyl adjacent to an activating group) is 1. The molecule has 1 aliphatic heterocycles. The molecule has 0 aliphatic carbocycles. The zero-order valence-electron chi connectivity index (χ0n) is 7.16. The predicted molar refractivity (Wildman–Crippen MR) is 46.7 cm³/mol. The van der Waals surface area contributed by atoms with Crippen LogP contribution in [0.15, 0.2) is 4.99 Å². The summed E-state index contributed by atoms with van der Waals surface area (Å²) in [5.41, 5.74) is 10.6. The van der Waals surface area contributed by atoms with Crippen molar-refractivity contribution < 1.29 is 4.79 Å². The van der Waals surface area contributed by atoms with E-state index in [-0.39, 0.29) is 0 Å². The lowest BCUT2D eigenvalue weighted by atomic mass is 10.2. The van der Waals surface area contributed by atoms with E-state index in [1.165, 1.54) is 0 Å². The van der Waals surface area contributed by atoms with Crippen molar-refractivity contribution in [3.8, 4) is 0 Å². The van der Waals surface area contributed by atoms with Crippen LogP contribution in [0.2, 0.25) is 0 Å². The van der Waals surface area contributed by atoms with Crippen LogP contribution >= 0.6 is 0 Å². The van der Waals surface area contributed by atoms with Crippen molar-refractivity contribution in [3.05, 3.63) is 0 Å². The molecule has 5 heteroatoms. The molecule has 0 saturated carbocycles. The second-order valence-electron chi connectivity index (χ2n) is 2.90. The number of hydrogen-bond donors (Lipinski definition) is 2. The molecule has 0 radical (unpaired) electrons. The Morgan fingerprint density at radius 1 is 1.75 bits per heavy atom. The quantitative estimate of drug-likeness (QED) is 0.530. The van der Waals surface area contributed by atoms with E-state index in [1.807, 2.05) is 11.9 Å². The van der Waals surface area contributed by atoms with E-state index in [4.69, 9.17) is 11.5 Å². The third kappa shape index (κ3) is 1.73. The minimum Gasteiger partial charge on any atom is -0.368 e. The van der Waals surface area contributed by atoms with Crippen molar-refractivity contribution in [1.82, 2.24) is 4.90 Å². The number of carbonyl (C=O) groups is 1. The Hall–Kier alpha value is -1.10. The average molecular weight is 170 g/mol. The molecule has 0 bridgehead atoms. The molecule has 0 spiro atoms. The van der Waals surface area contributed by atoms with Crippen LogP contribution in [-0.4, -0.2) is 42.8 Å². The first-order valence-corrected chi connectivity index (χ1v) is 3.93. The molecule has 0 aromatic carbocycles. The van der Waals surface area contributed by atoms with Gasteiger partial charge in [0.05, 0.1) is 0 Å². The molecule has 1 heterocycles. The summed E-state index contributed by atoms with van der Waals surface area (Å²) in [5, 5.41) is 0. The van der Waals surface area contributed by atoms with Crippen molar-refractivity contribution in [3.63, 3.8) is 0 Å². The number of carbonyl (C=O) groups excluding carboxylic acids is 1. The first-order chi connectivity index (χ1) is 5.63. The second-order valence-corrected chi connectivity index (χ2v) is 2.90. The van der Waals surface area contributed by atoms with Gasteiger partial charge in [-0.2, -0.15) is 0 Å². The van der Waals surface area contributed by atoms with E-state index >= 15 is 0 Å². The summed E-state index contributed by atoms with van der Waals surface area (Å²) in [6, 6.07) is -0.754. The van der Waals surface area contributed by atoms with Gasteiger partial charge in [-0.1, -0.05) is 0 Å². The van der Waals surface area contributed by atoms with E-state index in [9.17, 15) is 4.79 Å². The van der Waals surface area contributed by atoms with Gasteiger partial charge >= 0.3 is 0 Å². The normalized spacial score (nSPS) is 20.2. The van der Waals surface area contributed by atoms with E-state index in [2.05, 4.69) is 4.99 Å². The highest BCUT2D eigenvalue weighted by Crippen LogP contribution is 2.02. The van der Waals surface area contributed by atoms with Crippen LogP contribution in [-0.2, 0) is 4.79 Å². The highest BCUT2D eigenvalue weighted by atomic mass is 16.1. The minimum absolute atomic E-state index is 0.525. The molecule has 1 amide bonds. The topological polar surface area (TPSA) is 84.7 Å². The van der Waals surface area contributed by atoms with Gasteiger partial charge in [0, 0.05) is 20.1 Å². The fraction of sp³-hybridized carbons (Fsp3) is 0.714. The van der Waals surface area contributed by atoms with Crippen LogP contribution in [0.1, 0.15) is 6.42 Å². The minimum atomic E-state index is -0.754. The zero-order chi connectivity index (χ0) is 9.14. The van der Waals surface area contributed by atoms with Crippen molar-refractivity contribution in [1.29, 1.82) is 0 Å². The molecular formula is C7H14N4O.